The van der Waals surface area contributed by atoms with Gasteiger partial charge in [-0.25, -0.2) is 23.2 Å². The quantitative estimate of drug-likeness (QED) is 0.560. The van der Waals surface area contributed by atoms with Crippen molar-refractivity contribution >= 4 is 27.5 Å². The van der Waals surface area contributed by atoms with E-state index in [2.05, 4.69) is 25.5 Å². The van der Waals surface area contributed by atoms with Crippen molar-refractivity contribution in [1.82, 2.24) is 20.6 Å². The van der Waals surface area contributed by atoms with E-state index in [9.17, 15) is 18.0 Å². The lowest BCUT2D eigenvalue weighted by atomic mass is 9.87. The molecule has 2 aliphatic rings. The van der Waals surface area contributed by atoms with Gasteiger partial charge in [0, 0.05) is 31.3 Å². The van der Waals surface area contributed by atoms with Crippen LogP contribution < -0.4 is 15.5 Å². The number of fused-ring (bicyclic) bond motifs is 1. The fourth-order valence-electron chi connectivity index (χ4n) is 4.87. The number of nitrogens with one attached hydrogen (secondary N) is 2. The smallest absolute Gasteiger partial charge is 0.408 e. The minimum absolute atomic E-state index is 0.00313. The van der Waals surface area contributed by atoms with Crippen LogP contribution in [0, 0.1) is 17.3 Å². The zero-order valence-electron chi connectivity index (χ0n) is 21.8. The average molecular weight is 510 g/mol. The number of rotatable bonds is 6. The molecule has 11 heteroatoms. The number of carbonyl (C=O) groups excluding carboxylic acids is 2. The van der Waals surface area contributed by atoms with Gasteiger partial charge in [-0.05, 0) is 51.4 Å². The van der Waals surface area contributed by atoms with Crippen LogP contribution in [-0.2, 0) is 19.4 Å². The van der Waals surface area contributed by atoms with Crippen LogP contribution in [0.25, 0.3) is 0 Å². The first kappa shape index (κ1) is 27.2. The van der Waals surface area contributed by atoms with Crippen molar-refractivity contribution in [3.8, 4) is 0 Å². The first-order valence-electron chi connectivity index (χ1n) is 12.1. The summed E-state index contributed by atoms with van der Waals surface area (Å²) in [6.07, 6.45) is 5.92. The molecule has 1 aliphatic carbocycles. The van der Waals surface area contributed by atoms with Crippen molar-refractivity contribution in [2.24, 2.45) is 17.3 Å². The van der Waals surface area contributed by atoms with Gasteiger partial charge in [0.2, 0.25) is 20.9 Å². The van der Waals surface area contributed by atoms with Crippen LogP contribution in [-0.4, -0.2) is 67.4 Å². The van der Waals surface area contributed by atoms with E-state index in [1.54, 1.807) is 33.2 Å². The van der Waals surface area contributed by atoms with Crippen LogP contribution in [0.15, 0.2) is 17.6 Å². The fourth-order valence-corrected chi connectivity index (χ4v) is 5.36. The maximum Gasteiger partial charge on any atom is 0.408 e. The van der Waals surface area contributed by atoms with Gasteiger partial charge in [0.05, 0.1) is 18.1 Å². The lowest BCUT2D eigenvalue weighted by Gasteiger charge is -2.29. The number of hydrogen-bond donors (Lipinski definition) is 2. The molecule has 4 atom stereocenters. The summed E-state index contributed by atoms with van der Waals surface area (Å²) >= 11 is 0. The molecule has 1 aromatic heterocycles. The second-order valence-electron chi connectivity index (χ2n) is 12.0. The SMILES string of the molecule is CC(C)(C)C[C@H](NC(=O)OC(C)(C)C)C(=O)N[C@H]1CC[C@@H]2CN(c3cnc(S(C)(=O)=O)nc3)C[C@@H]21. The van der Waals surface area contributed by atoms with Crippen LogP contribution in [0.5, 0.6) is 0 Å². The molecule has 1 saturated heterocycles. The summed E-state index contributed by atoms with van der Waals surface area (Å²) in [5.74, 6) is 0.468. The molecule has 0 aromatic carbocycles. The van der Waals surface area contributed by atoms with Gasteiger partial charge in [-0.15, -0.1) is 0 Å². The molecule has 35 heavy (non-hydrogen) atoms. The zero-order valence-corrected chi connectivity index (χ0v) is 22.6. The van der Waals surface area contributed by atoms with Gasteiger partial charge < -0.3 is 20.3 Å². The molecule has 0 bridgehead atoms. The van der Waals surface area contributed by atoms with Crippen molar-refractivity contribution in [3.05, 3.63) is 12.4 Å². The van der Waals surface area contributed by atoms with E-state index in [0.29, 0.717) is 12.3 Å². The molecule has 0 unspecified atom stereocenters. The molecular weight excluding hydrogens is 470 g/mol. The minimum atomic E-state index is -3.45. The van der Waals surface area contributed by atoms with Crippen LogP contribution in [0.1, 0.15) is 60.8 Å². The second kappa shape index (κ2) is 9.91. The van der Waals surface area contributed by atoms with Gasteiger partial charge >= 0.3 is 6.09 Å². The molecular formula is C24H39N5O5S. The molecule has 2 heterocycles. The van der Waals surface area contributed by atoms with Crippen molar-refractivity contribution in [1.29, 1.82) is 0 Å². The third kappa shape index (κ3) is 7.52. The summed E-state index contributed by atoms with van der Waals surface area (Å²) in [5.41, 5.74) is -0.0476. The predicted molar refractivity (Wildman–Crippen MR) is 133 cm³/mol. The highest BCUT2D eigenvalue weighted by Gasteiger charge is 2.44. The highest BCUT2D eigenvalue weighted by atomic mass is 32.2. The Morgan fingerprint density at radius 1 is 1.11 bits per heavy atom. The molecule has 0 radical (unpaired) electrons. The van der Waals surface area contributed by atoms with Gasteiger partial charge in [-0.2, -0.15) is 0 Å². The van der Waals surface area contributed by atoms with E-state index in [-0.39, 0.29) is 28.4 Å². The van der Waals surface area contributed by atoms with Crippen molar-refractivity contribution < 1.29 is 22.7 Å². The third-order valence-electron chi connectivity index (χ3n) is 6.32. The van der Waals surface area contributed by atoms with E-state index >= 15 is 0 Å². The fraction of sp³-hybridized carbons (Fsp3) is 0.750. The normalized spacial score (nSPS) is 23.5. The molecule has 196 valence electrons. The first-order valence-corrected chi connectivity index (χ1v) is 14.0. The lowest BCUT2D eigenvalue weighted by Crippen LogP contribution is -2.52. The van der Waals surface area contributed by atoms with Crippen molar-refractivity contribution in [2.75, 3.05) is 24.2 Å². The Kier molecular flexibility index (Phi) is 7.69. The largest absolute Gasteiger partial charge is 0.444 e. The Bertz CT molecular complexity index is 1030. The maximum absolute atomic E-state index is 13.3. The van der Waals surface area contributed by atoms with Gasteiger partial charge in [0.25, 0.3) is 0 Å². The molecule has 1 saturated carbocycles. The Morgan fingerprint density at radius 3 is 2.29 bits per heavy atom. The van der Waals surface area contributed by atoms with Crippen molar-refractivity contribution in [2.45, 2.75) is 83.6 Å². The van der Waals surface area contributed by atoms with E-state index in [1.165, 1.54) is 0 Å². The summed E-state index contributed by atoms with van der Waals surface area (Å²) in [6.45, 7) is 13.0. The van der Waals surface area contributed by atoms with Crippen LogP contribution in [0.3, 0.4) is 0 Å². The Balaban J connectivity index is 1.65. The van der Waals surface area contributed by atoms with E-state index in [1.807, 2.05) is 20.8 Å². The summed E-state index contributed by atoms with van der Waals surface area (Å²) in [5, 5.41) is 5.78. The van der Waals surface area contributed by atoms with Crippen LogP contribution in [0.4, 0.5) is 10.5 Å². The number of alkyl carbamates (subject to hydrolysis) is 1. The number of hydrogen-bond acceptors (Lipinski definition) is 8. The molecule has 2 fully saturated rings. The predicted octanol–water partition coefficient (Wildman–Crippen LogP) is 2.54. The molecule has 2 amide bonds. The number of anilines is 1. The summed E-state index contributed by atoms with van der Waals surface area (Å²) < 4.78 is 28.6. The standard InChI is InChI=1S/C24H39N5O5S/c1-23(2,3)10-19(28-22(31)34-24(4,5)6)20(30)27-18-9-8-15-13-29(14-17(15)18)16-11-25-21(26-12-16)35(7,32)33/h11-12,15,17-19H,8-10,13-14H2,1-7H3,(H,27,30)(H,28,31)/t15-,17+,18+,19+/m1/s1. The third-order valence-corrected chi connectivity index (χ3v) is 7.19. The van der Waals surface area contributed by atoms with E-state index in [4.69, 9.17) is 4.74 Å². The topological polar surface area (TPSA) is 131 Å². The molecule has 1 aliphatic heterocycles. The number of aromatic nitrogens is 2. The first-order chi connectivity index (χ1) is 16.0. The van der Waals surface area contributed by atoms with Crippen LogP contribution >= 0.6 is 0 Å². The highest BCUT2D eigenvalue weighted by molar-refractivity contribution is 7.90. The number of carbonyl (C=O) groups is 2. The van der Waals surface area contributed by atoms with Crippen molar-refractivity contribution in [3.63, 3.8) is 0 Å². The van der Waals surface area contributed by atoms with E-state index in [0.717, 1.165) is 37.9 Å². The van der Waals surface area contributed by atoms with Gasteiger partial charge in [-0.1, -0.05) is 20.8 Å². The second-order valence-corrected chi connectivity index (χ2v) is 13.9. The Labute approximate surface area is 208 Å². The molecule has 0 spiro atoms. The molecule has 2 N–H and O–H groups in total. The highest BCUT2D eigenvalue weighted by Crippen LogP contribution is 2.40. The van der Waals surface area contributed by atoms with Gasteiger partial charge in [-0.3, -0.25) is 4.79 Å². The maximum atomic E-state index is 13.3. The Hall–Kier alpha value is -2.43. The average Bonchev–Trinajstić information content (AvgIpc) is 3.26. The summed E-state index contributed by atoms with van der Waals surface area (Å²) in [7, 11) is -3.45. The molecule has 1 aromatic rings. The number of sulfone groups is 1. The molecule has 3 rings (SSSR count). The van der Waals surface area contributed by atoms with Gasteiger partial charge in [0.15, 0.2) is 0 Å². The number of amides is 2. The Morgan fingerprint density at radius 2 is 1.74 bits per heavy atom. The number of nitrogens with zero attached hydrogens (tertiary/aromatic N) is 3. The van der Waals surface area contributed by atoms with E-state index < -0.39 is 27.6 Å². The van der Waals surface area contributed by atoms with Crippen LogP contribution in [0.2, 0.25) is 0 Å². The molecule has 10 nitrogen and oxygen atoms in total. The zero-order chi connectivity index (χ0) is 26.2. The minimum Gasteiger partial charge on any atom is -0.444 e. The van der Waals surface area contributed by atoms with Gasteiger partial charge in [0.1, 0.15) is 11.6 Å². The monoisotopic (exact) mass is 509 g/mol. The number of ether oxygens (including phenoxy) is 1. The summed E-state index contributed by atoms with van der Waals surface area (Å²) in [4.78, 5) is 35.8. The lowest BCUT2D eigenvalue weighted by molar-refractivity contribution is -0.124. The summed E-state index contributed by atoms with van der Waals surface area (Å²) in [6, 6.07) is -0.699.